The summed E-state index contributed by atoms with van der Waals surface area (Å²) in [6, 6.07) is 6.82. The molecule has 0 spiro atoms. The second-order valence-corrected chi connectivity index (χ2v) is 10.7. The zero-order valence-electron chi connectivity index (χ0n) is 16.0. The van der Waals surface area contributed by atoms with Crippen LogP contribution in [0.15, 0.2) is 46.2 Å². The van der Waals surface area contributed by atoms with E-state index in [2.05, 4.69) is 4.72 Å². The van der Waals surface area contributed by atoms with Gasteiger partial charge in [0, 0.05) is 19.1 Å². The Morgan fingerprint density at radius 2 is 1.45 bits per heavy atom. The summed E-state index contributed by atoms with van der Waals surface area (Å²) in [6.07, 6.45) is 1.37. The fourth-order valence-electron chi connectivity index (χ4n) is 2.93. The first-order valence-corrected chi connectivity index (χ1v) is 12.0. The van der Waals surface area contributed by atoms with Crippen LogP contribution in [0.5, 0.6) is 0 Å². The van der Waals surface area contributed by atoms with Gasteiger partial charge in [-0.15, -0.1) is 0 Å². The Bertz CT molecular complexity index is 1130. The monoisotopic (exact) mass is 444 g/mol. The summed E-state index contributed by atoms with van der Waals surface area (Å²) in [7, 11) is -7.80. The van der Waals surface area contributed by atoms with E-state index in [4.69, 9.17) is 0 Å². The molecule has 0 amide bonds. The number of hydrogen-bond donors (Lipinski definition) is 1. The topological polar surface area (TPSA) is 83.6 Å². The number of halogens is 2. The van der Waals surface area contributed by atoms with Crippen molar-refractivity contribution in [1.29, 1.82) is 0 Å². The third kappa shape index (κ3) is 4.82. The van der Waals surface area contributed by atoms with Crippen molar-refractivity contribution in [3.63, 3.8) is 0 Å². The standard InChI is InChI=1S/C19H22F2N2O4S2/c1-13-11-16(5-7-18(13)20)28(24,25)22-9-10-23(15-3-4-15)29(26,27)17-6-8-19(21)14(2)12-17/h5-8,11-12,15,22H,3-4,9-10H2,1-2H3. The minimum Gasteiger partial charge on any atom is -0.210 e. The first kappa shape index (κ1) is 21.8. The molecule has 0 aliphatic heterocycles. The number of rotatable bonds is 8. The van der Waals surface area contributed by atoms with E-state index in [0.29, 0.717) is 12.8 Å². The van der Waals surface area contributed by atoms with Crippen LogP contribution < -0.4 is 4.72 Å². The number of nitrogens with one attached hydrogen (secondary N) is 1. The lowest BCUT2D eigenvalue weighted by Crippen LogP contribution is -2.40. The number of nitrogens with zero attached hydrogens (tertiary/aromatic N) is 1. The summed E-state index contributed by atoms with van der Waals surface area (Å²) in [6.45, 7) is 2.73. The van der Waals surface area contributed by atoms with Gasteiger partial charge in [-0.2, -0.15) is 4.31 Å². The molecule has 6 nitrogen and oxygen atoms in total. The highest BCUT2D eigenvalue weighted by atomic mass is 32.2. The predicted octanol–water partition coefficient (Wildman–Crippen LogP) is 2.71. The van der Waals surface area contributed by atoms with Crippen molar-refractivity contribution < 1.29 is 25.6 Å². The molecule has 1 N–H and O–H groups in total. The molecule has 0 radical (unpaired) electrons. The highest BCUT2D eigenvalue weighted by Crippen LogP contribution is 2.32. The van der Waals surface area contributed by atoms with E-state index in [9.17, 15) is 25.6 Å². The summed E-state index contributed by atoms with van der Waals surface area (Å²) in [5.74, 6) is -1.01. The maximum Gasteiger partial charge on any atom is 0.243 e. The molecule has 0 atom stereocenters. The van der Waals surface area contributed by atoms with Crippen LogP contribution in [0.2, 0.25) is 0 Å². The van der Waals surface area contributed by atoms with Gasteiger partial charge in [-0.25, -0.2) is 30.3 Å². The Balaban J connectivity index is 1.74. The van der Waals surface area contributed by atoms with Crippen LogP contribution in [0.3, 0.4) is 0 Å². The molecule has 2 aromatic rings. The van der Waals surface area contributed by atoms with Gasteiger partial charge in [-0.1, -0.05) is 0 Å². The Kier molecular flexibility index (Phi) is 6.09. The third-order valence-corrected chi connectivity index (χ3v) is 8.16. The van der Waals surface area contributed by atoms with Crippen molar-refractivity contribution in [3.8, 4) is 0 Å². The van der Waals surface area contributed by atoms with Gasteiger partial charge >= 0.3 is 0 Å². The molecular formula is C19H22F2N2O4S2. The molecule has 1 aliphatic rings. The highest BCUT2D eigenvalue weighted by Gasteiger charge is 2.38. The molecule has 3 rings (SSSR count). The summed E-state index contributed by atoms with van der Waals surface area (Å²) in [5.41, 5.74) is 0.413. The fourth-order valence-corrected chi connectivity index (χ4v) is 5.81. The second-order valence-electron chi connectivity index (χ2n) is 7.07. The molecular weight excluding hydrogens is 422 g/mol. The van der Waals surface area contributed by atoms with Crippen LogP contribution in [0.1, 0.15) is 24.0 Å². The third-order valence-electron chi connectivity index (χ3n) is 4.75. The average molecular weight is 445 g/mol. The summed E-state index contributed by atoms with van der Waals surface area (Å²) in [5, 5.41) is 0. The maximum atomic E-state index is 13.5. The van der Waals surface area contributed by atoms with E-state index in [1.54, 1.807) is 0 Å². The van der Waals surface area contributed by atoms with E-state index in [-0.39, 0.29) is 40.0 Å². The van der Waals surface area contributed by atoms with Gasteiger partial charge < -0.3 is 0 Å². The highest BCUT2D eigenvalue weighted by molar-refractivity contribution is 7.89. The first-order chi connectivity index (χ1) is 13.5. The van der Waals surface area contributed by atoms with E-state index < -0.39 is 31.7 Å². The maximum absolute atomic E-state index is 13.5. The van der Waals surface area contributed by atoms with Crippen molar-refractivity contribution >= 4 is 20.0 Å². The molecule has 29 heavy (non-hydrogen) atoms. The van der Waals surface area contributed by atoms with Gasteiger partial charge in [0.1, 0.15) is 11.6 Å². The minimum atomic E-state index is -3.91. The molecule has 1 saturated carbocycles. The molecule has 1 aliphatic carbocycles. The van der Waals surface area contributed by atoms with Gasteiger partial charge in [0.15, 0.2) is 0 Å². The van der Waals surface area contributed by atoms with Crippen molar-refractivity contribution in [2.75, 3.05) is 13.1 Å². The minimum absolute atomic E-state index is 0.0275. The van der Waals surface area contributed by atoms with Crippen LogP contribution in [-0.4, -0.2) is 40.3 Å². The number of aryl methyl sites for hydroxylation is 2. The molecule has 0 aromatic heterocycles. The normalized spacial score (nSPS) is 15.1. The summed E-state index contributed by atoms with van der Waals surface area (Å²) in [4.78, 5) is -0.119. The van der Waals surface area contributed by atoms with Crippen molar-refractivity contribution in [1.82, 2.24) is 9.03 Å². The molecule has 0 saturated heterocycles. The first-order valence-electron chi connectivity index (χ1n) is 9.06. The van der Waals surface area contributed by atoms with Crippen LogP contribution in [0.4, 0.5) is 8.78 Å². The Morgan fingerprint density at radius 3 is 1.97 bits per heavy atom. The SMILES string of the molecule is Cc1cc(S(=O)(=O)NCCN(C2CC2)S(=O)(=O)c2ccc(F)c(C)c2)ccc1F. The molecule has 0 heterocycles. The van der Waals surface area contributed by atoms with Gasteiger partial charge in [0.05, 0.1) is 9.79 Å². The quantitative estimate of drug-likeness (QED) is 0.679. The van der Waals surface area contributed by atoms with Crippen molar-refractivity contribution in [2.24, 2.45) is 0 Å². The lowest BCUT2D eigenvalue weighted by molar-refractivity contribution is 0.406. The number of benzene rings is 2. The van der Waals surface area contributed by atoms with Crippen molar-refractivity contribution in [2.45, 2.75) is 42.5 Å². The lowest BCUT2D eigenvalue weighted by atomic mass is 10.2. The average Bonchev–Trinajstić information content (AvgIpc) is 3.47. The Morgan fingerprint density at radius 1 is 0.931 bits per heavy atom. The molecule has 1 fully saturated rings. The fraction of sp³-hybridized carbons (Fsp3) is 0.368. The van der Waals surface area contributed by atoms with Crippen molar-refractivity contribution in [3.05, 3.63) is 59.2 Å². The van der Waals surface area contributed by atoms with E-state index in [1.807, 2.05) is 0 Å². The molecule has 0 bridgehead atoms. The van der Waals surface area contributed by atoms with Gasteiger partial charge in [-0.3, -0.25) is 0 Å². The van der Waals surface area contributed by atoms with E-state index in [0.717, 1.165) is 18.2 Å². The Hall–Kier alpha value is -1.88. The largest absolute Gasteiger partial charge is 0.243 e. The number of sulfonamides is 2. The van der Waals surface area contributed by atoms with Crippen LogP contribution >= 0.6 is 0 Å². The van der Waals surface area contributed by atoms with E-state index >= 15 is 0 Å². The predicted molar refractivity (Wildman–Crippen MR) is 104 cm³/mol. The van der Waals surface area contributed by atoms with Gasteiger partial charge in [0.25, 0.3) is 0 Å². The van der Waals surface area contributed by atoms with Crippen LogP contribution in [0, 0.1) is 25.5 Å². The second kappa shape index (κ2) is 8.10. The molecule has 2 aromatic carbocycles. The summed E-state index contributed by atoms with van der Waals surface area (Å²) < 4.78 is 81.3. The number of hydrogen-bond acceptors (Lipinski definition) is 4. The van der Waals surface area contributed by atoms with E-state index in [1.165, 1.54) is 36.4 Å². The zero-order valence-corrected chi connectivity index (χ0v) is 17.7. The molecule has 158 valence electrons. The van der Waals surface area contributed by atoms with Crippen LogP contribution in [0.25, 0.3) is 0 Å². The van der Waals surface area contributed by atoms with Gasteiger partial charge in [-0.05, 0) is 74.2 Å². The van der Waals surface area contributed by atoms with Crippen LogP contribution in [-0.2, 0) is 20.0 Å². The Labute approximate surface area is 169 Å². The molecule has 0 unspecified atom stereocenters. The van der Waals surface area contributed by atoms with Gasteiger partial charge in [0.2, 0.25) is 20.0 Å². The lowest BCUT2D eigenvalue weighted by Gasteiger charge is -2.22. The molecule has 10 heteroatoms. The smallest absolute Gasteiger partial charge is 0.210 e. The zero-order chi connectivity index (χ0) is 21.4. The summed E-state index contributed by atoms with van der Waals surface area (Å²) >= 11 is 0.